The van der Waals surface area contributed by atoms with Gasteiger partial charge in [-0.1, -0.05) is 24.3 Å². The number of nitrogens with one attached hydrogen (secondary N) is 1. The second kappa shape index (κ2) is 7.36. The average molecular weight is 355 g/mol. The van der Waals surface area contributed by atoms with Crippen molar-refractivity contribution in [1.29, 1.82) is 0 Å². The van der Waals surface area contributed by atoms with Crippen molar-refractivity contribution in [3.63, 3.8) is 0 Å². The first-order valence-corrected chi connectivity index (χ1v) is 8.59. The zero-order valence-corrected chi connectivity index (χ0v) is 14.7. The lowest BCUT2D eigenvalue weighted by atomic mass is 10.1. The van der Waals surface area contributed by atoms with E-state index in [0.29, 0.717) is 21.9 Å². The molecule has 0 saturated carbocycles. The zero-order chi connectivity index (χ0) is 17.8. The van der Waals surface area contributed by atoms with Gasteiger partial charge >= 0.3 is 5.97 Å². The number of methoxy groups -OCH3 is 1. The van der Waals surface area contributed by atoms with Gasteiger partial charge in [0.2, 0.25) is 0 Å². The van der Waals surface area contributed by atoms with Gasteiger partial charge < -0.3 is 14.8 Å². The van der Waals surface area contributed by atoms with Gasteiger partial charge in [-0.3, -0.25) is 4.79 Å². The molecule has 1 aromatic heterocycles. The molecule has 0 unspecified atom stereocenters. The van der Waals surface area contributed by atoms with Crippen molar-refractivity contribution in [2.45, 2.75) is 6.92 Å². The maximum Gasteiger partial charge on any atom is 0.341 e. The number of hydrogen-bond acceptors (Lipinski definition) is 5. The number of thiophene rings is 1. The molecule has 25 heavy (non-hydrogen) atoms. The number of carbonyl (C=O) groups excluding carboxylic acids is 2. The number of ether oxygens (including phenoxy) is 2. The highest BCUT2D eigenvalue weighted by Crippen LogP contribution is 2.36. The highest BCUT2D eigenvalue weighted by molar-refractivity contribution is 7.23. The molecule has 1 N–H and O–H groups in total. The molecular formula is C19H17NO4S. The summed E-state index contributed by atoms with van der Waals surface area (Å²) in [6.45, 7) is 2.02. The largest absolute Gasteiger partial charge is 0.497 e. The molecule has 0 aliphatic carbocycles. The van der Waals surface area contributed by atoms with E-state index >= 15 is 0 Å². The van der Waals surface area contributed by atoms with Crippen molar-refractivity contribution >= 4 is 38.3 Å². The van der Waals surface area contributed by atoms with Crippen LogP contribution in [0, 0.1) is 0 Å². The van der Waals surface area contributed by atoms with Crippen LogP contribution in [-0.4, -0.2) is 25.6 Å². The van der Waals surface area contributed by atoms with Gasteiger partial charge in [-0.15, -0.1) is 11.3 Å². The van der Waals surface area contributed by atoms with Crippen LogP contribution in [0.2, 0.25) is 0 Å². The van der Waals surface area contributed by atoms with Gasteiger partial charge in [0.1, 0.15) is 16.3 Å². The van der Waals surface area contributed by atoms with Gasteiger partial charge in [-0.2, -0.15) is 0 Å². The van der Waals surface area contributed by atoms with E-state index in [1.165, 1.54) is 11.3 Å². The third-order valence-electron chi connectivity index (χ3n) is 3.63. The summed E-state index contributed by atoms with van der Waals surface area (Å²) in [5.41, 5.74) is 0.838. The Morgan fingerprint density at radius 1 is 1.12 bits per heavy atom. The van der Waals surface area contributed by atoms with Crippen LogP contribution < -0.4 is 10.1 Å². The van der Waals surface area contributed by atoms with Crippen molar-refractivity contribution in [2.24, 2.45) is 0 Å². The van der Waals surface area contributed by atoms with Crippen molar-refractivity contribution in [3.8, 4) is 5.75 Å². The van der Waals surface area contributed by atoms with Gasteiger partial charge in [0.05, 0.1) is 13.7 Å². The minimum atomic E-state index is -0.444. The van der Waals surface area contributed by atoms with Crippen LogP contribution in [0.15, 0.2) is 48.5 Å². The highest BCUT2D eigenvalue weighted by Gasteiger charge is 2.22. The summed E-state index contributed by atoms with van der Waals surface area (Å²) in [5, 5.41) is 4.08. The predicted octanol–water partition coefficient (Wildman–Crippen LogP) is 4.34. The Balaban J connectivity index is 1.98. The number of anilines is 1. The van der Waals surface area contributed by atoms with Gasteiger partial charge in [-0.25, -0.2) is 4.79 Å². The number of amides is 1. The topological polar surface area (TPSA) is 64.6 Å². The summed E-state index contributed by atoms with van der Waals surface area (Å²) in [5.74, 6) is -0.161. The molecule has 3 rings (SSSR count). The monoisotopic (exact) mass is 355 g/mol. The number of benzene rings is 2. The van der Waals surface area contributed by atoms with Crippen LogP contribution in [0.3, 0.4) is 0 Å². The Morgan fingerprint density at radius 3 is 2.68 bits per heavy atom. The molecule has 0 atom stereocenters. The van der Waals surface area contributed by atoms with Crippen molar-refractivity contribution in [1.82, 2.24) is 0 Å². The van der Waals surface area contributed by atoms with E-state index in [1.54, 1.807) is 38.3 Å². The molecule has 0 aliphatic heterocycles. The lowest BCUT2D eigenvalue weighted by Crippen LogP contribution is -2.14. The Bertz CT molecular complexity index is 932. The third kappa shape index (κ3) is 3.49. The number of esters is 1. The van der Waals surface area contributed by atoms with Crippen LogP contribution in [0.25, 0.3) is 10.1 Å². The van der Waals surface area contributed by atoms with E-state index < -0.39 is 5.97 Å². The number of carbonyl (C=O) groups is 2. The van der Waals surface area contributed by atoms with E-state index in [1.807, 2.05) is 24.3 Å². The lowest BCUT2D eigenvalue weighted by molar-refractivity contribution is 0.0530. The second-order valence-corrected chi connectivity index (χ2v) is 6.26. The van der Waals surface area contributed by atoms with Crippen LogP contribution in [0.1, 0.15) is 27.6 Å². The van der Waals surface area contributed by atoms with E-state index in [-0.39, 0.29) is 12.5 Å². The molecule has 5 nitrogen and oxygen atoms in total. The SMILES string of the molecule is CCOC(=O)c1c(NC(=O)c2cccc(OC)c2)sc2ccccc12. The van der Waals surface area contributed by atoms with Gasteiger partial charge in [-0.05, 0) is 31.2 Å². The number of hydrogen-bond donors (Lipinski definition) is 1. The zero-order valence-electron chi connectivity index (χ0n) is 13.9. The summed E-state index contributed by atoms with van der Waals surface area (Å²) < 4.78 is 11.2. The van der Waals surface area contributed by atoms with E-state index in [4.69, 9.17) is 9.47 Å². The van der Waals surface area contributed by atoms with Gasteiger partial charge in [0.15, 0.2) is 0 Å². The smallest absolute Gasteiger partial charge is 0.341 e. The first-order valence-electron chi connectivity index (χ1n) is 7.78. The number of rotatable bonds is 5. The molecule has 0 aliphatic rings. The van der Waals surface area contributed by atoms with Gasteiger partial charge in [0.25, 0.3) is 5.91 Å². The maximum atomic E-state index is 12.6. The van der Waals surface area contributed by atoms with Crippen LogP contribution >= 0.6 is 11.3 Å². The highest BCUT2D eigenvalue weighted by atomic mass is 32.1. The second-order valence-electron chi connectivity index (χ2n) is 5.21. The minimum Gasteiger partial charge on any atom is -0.497 e. The lowest BCUT2D eigenvalue weighted by Gasteiger charge is -2.07. The van der Waals surface area contributed by atoms with Crippen LogP contribution in [0.4, 0.5) is 5.00 Å². The molecule has 0 fully saturated rings. The van der Waals surface area contributed by atoms with E-state index in [0.717, 1.165) is 10.1 Å². The Morgan fingerprint density at radius 2 is 1.92 bits per heavy atom. The number of fused-ring (bicyclic) bond motifs is 1. The molecule has 128 valence electrons. The molecule has 0 spiro atoms. The maximum absolute atomic E-state index is 12.6. The van der Waals surface area contributed by atoms with Gasteiger partial charge in [0, 0.05) is 15.6 Å². The first kappa shape index (κ1) is 17.0. The molecule has 1 amide bonds. The fraction of sp³-hybridized carbons (Fsp3) is 0.158. The third-order valence-corrected chi connectivity index (χ3v) is 4.72. The fourth-order valence-corrected chi connectivity index (χ4v) is 3.56. The first-order chi connectivity index (χ1) is 12.1. The Hall–Kier alpha value is -2.86. The molecule has 0 radical (unpaired) electrons. The molecule has 6 heteroatoms. The van der Waals surface area contributed by atoms with Crippen LogP contribution in [-0.2, 0) is 4.74 Å². The molecular weight excluding hydrogens is 338 g/mol. The summed E-state index contributed by atoms with van der Waals surface area (Å²) in [6.07, 6.45) is 0. The van der Waals surface area contributed by atoms with E-state index in [2.05, 4.69) is 5.32 Å². The predicted molar refractivity (Wildman–Crippen MR) is 98.7 cm³/mol. The molecule has 1 heterocycles. The standard InChI is InChI=1S/C19H17NO4S/c1-3-24-19(22)16-14-9-4-5-10-15(14)25-18(16)20-17(21)12-7-6-8-13(11-12)23-2/h4-11H,3H2,1-2H3,(H,20,21). The quantitative estimate of drug-likeness (QED) is 0.692. The van der Waals surface area contributed by atoms with Crippen molar-refractivity contribution in [3.05, 3.63) is 59.7 Å². The van der Waals surface area contributed by atoms with Crippen LogP contribution in [0.5, 0.6) is 5.75 Å². The average Bonchev–Trinajstić information content (AvgIpc) is 2.99. The van der Waals surface area contributed by atoms with E-state index in [9.17, 15) is 9.59 Å². The van der Waals surface area contributed by atoms with Crippen molar-refractivity contribution in [2.75, 3.05) is 19.0 Å². The summed E-state index contributed by atoms with van der Waals surface area (Å²) >= 11 is 1.35. The normalized spacial score (nSPS) is 10.5. The summed E-state index contributed by atoms with van der Waals surface area (Å²) in [7, 11) is 1.54. The summed E-state index contributed by atoms with van der Waals surface area (Å²) in [6, 6.07) is 14.3. The molecule has 2 aromatic carbocycles. The fourth-order valence-electron chi connectivity index (χ4n) is 2.48. The van der Waals surface area contributed by atoms with Crippen molar-refractivity contribution < 1.29 is 19.1 Å². The Kier molecular flexibility index (Phi) is 5.00. The molecule has 3 aromatic rings. The summed E-state index contributed by atoms with van der Waals surface area (Å²) in [4.78, 5) is 25.0. The minimum absolute atomic E-state index is 0.270. The molecule has 0 saturated heterocycles. The molecule has 0 bridgehead atoms. The Labute approximate surface area is 149 Å².